The topological polar surface area (TPSA) is 24.5 Å². The van der Waals surface area contributed by atoms with Crippen molar-refractivity contribution >= 4 is 0 Å². The normalized spacial score (nSPS) is 25.4. The maximum atomic E-state index is 5.83. The van der Waals surface area contributed by atoms with Gasteiger partial charge in [-0.15, -0.1) is 0 Å². The van der Waals surface area contributed by atoms with Crippen molar-refractivity contribution in [3.63, 3.8) is 0 Å². The minimum atomic E-state index is 0.311. The molecule has 1 fully saturated rings. The van der Waals surface area contributed by atoms with Crippen molar-refractivity contribution in [1.29, 1.82) is 0 Å². The second kappa shape index (κ2) is 9.01. The number of nitrogens with zero attached hydrogens (tertiary/aromatic N) is 1. The van der Waals surface area contributed by atoms with Gasteiger partial charge >= 0.3 is 0 Å². The average Bonchev–Trinajstić information content (AvgIpc) is 2.45. The fraction of sp³-hybridized carbons (Fsp3) is 1.00. The van der Waals surface area contributed by atoms with Gasteiger partial charge in [0, 0.05) is 37.7 Å². The Bertz CT molecular complexity index is 249. The van der Waals surface area contributed by atoms with E-state index in [0.717, 1.165) is 32.2 Å². The van der Waals surface area contributed by atoms with Gasteiger partial charge in [-0.05, 0) is 25.3 Å². The first-order valence-corrected chi connectivity index (χ1v) is 8.55. The molecule has 0 aromatic heterocycles. The molecule has 3 nitrogen and oxygen atoms in total. The van der Waals surface area contributed by atoms with E-state index in [9.17, 15) is 0 Å². The highest BCUT2D eigenvalue weighted by Crippen LogP contribution is 2.29. The fourth-order valence-electron chi connectivity index (χ4n) is 3.00. The molecule has 0 amide bonds. The summed E-state index contributed by atoms with van der Waals surface area (Å²) >= 11 is 0. The molecule has 0 saturated carbocycles. The molecule has 20 heavy (non-hydrogen) atoms. The van der Waals surface area contributed by atoms with E-state index >= 15 is 0 Å². The van der Waals surface area contributed by atoms with Gasteiger partial charge in [-0.25, -0.2) is 0 Å². The Kier molecular flexibility index (Phi) is 8.08. The van der Waals surface area contributed by atoms with Crippen LogP contribution in [0.2, 0.25) is 0 Å². The summed E-state index contributed by atoms with van der Waals surface area (Å²) in [5, 5.41) is 3.65. The van der Waals surface area contributed by atoms with Crippen LogP contribution in [-0.4, -0.2) is 50.3 Å². The smallest absolute Gasteiger partial charge is 0.0546 e. The van der Waals surface area contributed by atoms with Crippen molar-refractivity contribution in [2.45, 2.75) is 59.9 Å². The SMILES string of the molecule is CCC(C)CN(CC)CC1(CNC(C)C)CCCOC1. The Morgan fingerprint density at radius 1 is 1.25 bits per heavy atom. The zero-order valence-electron chi connectivity index (χ0n) is 14.4. The van der Waals surface area contributed by atoms with E-state index < -0.39 is 0 Å². The van der Waals surface area contributed by atoms with Crippen LogP contribution in [0.4, 0.5) is 0 Å². The summed E-state index contributed by atoms with van der Waals surface area (Å²) in [6.45, 7) is 17.9. The monoisotopic (exact) mass is 284 g/mol. The first-order chi connectivity index (χ1) is 9.51. The molecule has 0 aromatic rings. The van der Waals surface area contributed by atoms with Gasteiger partial charge < -0.3 is 15.0 Å². The van der Waals surface area contributed by atoms with Crippen LogP contribution in [0.25, 0.3) is 0 Å². The van der Waals surface area contributed by atoms with Gasteiger partial charge in [-0.1, -0.05) is 41.0 Å². The van der Waals surface area contributed by atoms with Gasteiger partial charge in [0.25, 0.3) is 0 Å². The zero-order valence-corrected chi connectivity index (χ0v) is 14.4. The molecule has 1 aliphatic heterocycles. The van der Waals surface area contributed by atoms with Crippen LogP contribution in [0, 0.1) is 11.3 Å². The fourth-order valence-corrected chi connectivity index (χ4v) is 3.00. The van der Waals surface area contributed by atoms with Crippen molar-refractivity contribution in [1.82, 2.24) is 10.2 Å². The molecule has 0 radical (unpaired) electrons. The molecule has 120 valence electrons. The van der Waals surface area contributed by atoms with Gasteiger partial charge in [0.1, 0.15) is 0 Å². The van der Waals surface area contributed by atoms with Gasteiger partial charge in [-0.3, -0.25) is 0 Å². The highest BCUT2D eigenvalue weighted by atomic mass is 16.5. The van der Waals surface area contributed by atoms with Crippen LogP contribution in [0.1, 0.15) is 53.9 Å². The van der Waals surface area contributed by atoms with Gasteiger partial charge in [0.15, 0.2) is 0 Å². The molecule has 1 rings (SSSR count). The Morgan fingerprint density at radius 3 is 2.50 bits per heavy atom. The predicted molar refractivity (Wildman–Crippen MR) is 87.2 cm³/mol. The quantitative estimate of drug-likeness (QED) is 0.704. The third-order valence-electron chi connectivity index (χ3n) is 4.56. The third kappa shape index (κ3) is 6.11. The highest BCUT2D eigenvalue weighted by Gasteiger charge is 2.34. The molecular weight excluding hydrogens is 248 g/mol. The molecule has 1 saturated heterocycles. The van der Waals surface area contributed by atoms with Crippen molar-refractivity contribution < 1.29 is 4.74 Å². The van der Waals surface area contributed by atoms with Gasteiger partial charge in [-0.2, -0.15) is 0 Å². The van der Waals surface area contributed by atoms with E-state index in [4.69, 9.17) is 4.74 Å². The number of ether oxygens (including phenoxy) is 1. The van der Waals surface area contributed by atoms with E-state index in [1.165, 1.54) is 32.4 Å². The molecule has 3 heteroatoms. The molecule has 0 aliphatic carbocycles. The van der Waals surface area contributed by atoms with Crippen LogP contribution in [0.15, 0.2) is 0 Å². The molecule has 1 aliphatic rings. The molecule has 0 bridgehead atoms. The lowest BCUT2D eigenvalue weighted by Crippen LogP contribution is -2.50. The summed E-state index contributed by atoms with van der Waals surface area (Å²) in [5.74, 6) is 0.787. The molecule has 2 atom stereocenters. The van der Waals surface area contributed by atoms with Crippen LogP contribution >= 0.6 is 0 Å². The van der Waals surface area contributed by atoms with Crippen molar-refractivity contribution in [2.75, 3.05) is 39.4 Å². The van der Waals surface area contributed by atoms with E-state index in [2.05, 4.69) is 44.8 Å². The lowest BCUT2D eigenvalue weighted by atomic mass is 9.81. The average molecular weight is 284 g/mol. The maximum Gasteiger partial charge on any atom is 0.0546 e. The zero-order chi connectivity index (χ0) is 15.0. The lowest BCUT2D eigenvalue weighted by Gasteiger charge is -2.42. The van der Waals surface area contributed by atoms with Crippen molar-refractivity contribution in [3.05, 3.63) is 0 Å². The molecule has 0 aromatic carbocycles. The number of nitrogens with one attached hydrogen (secondary N) is 1. The second-order valence-electron chi connectivity index (χ2n) is 7.03. The number of hydrogen-bond donors (Lipinski definition) is 1. The Hall–Kier alpha value is -0.120. The number of rotatable bonds is 9. The molecule has 2 unspecified atom stereocenters. The molecule has 1 heterocycles. The largest absolute Gasteiger partial charge is 0.381 e. The highest BCUT2D eigenvalue weighted by molar-refractivity contribution is 4.88. The first-order valence-electron chi connectivity index (χ1n) is 8.55. The first kappa shape index (κ1) is 17.9. The molecule has 0 spiro atoms. The van der Waals surface area contributed by atoms with Gasteiger partial charge in [0.05, 0.1) is 6.61 Å². The summed E-state index contributed by atoms with van der Waals surface area (Å²) in [7, 11) is 0. The second-order valence-corrected chi connectivity index (χ2v) is 7.03. The Balaban J connectivity index is 2.61. The summed E-state index contributed by atoms with van der Waals surface area (Å²) in [6, 6.07) is 0.554. The number of hydrogen-bond acceptors (Lipinski definition) is 3. The summed E-state index contributed by atoms with van der Waals surface area (Å²) in [6.07, 6.45) is 3.77. The standard InChI is InChI=1S/C17H36N2O/c1-6-16(5)11-19(7-2)13-17(12-18-15(3)4)9-8-10-20-14-17/h15-16,18H,6-14H2,1-5H3. The van der Waals surface area contributed by atoms with E-state index in [-0.39, 0.29) is 0 Å². The Morgan fingerprint density at radius 2 is 2.00 bits per heavy atom. The van der Waals surface area contributed by atoms with E-state index in [1.54, 1.807) is 0 Å². The van der Waals surface area contributed by atoms with Crippen molar-refractivity contribution in [2.24, 2.45) is 11.3 Å². The minimum Gasteiger partial charge on any atom is -0.381 e. The van der Waals surface area contributed by atoms with Gasteiger partial charge in [0.2, 0.25) is 0 Å². The summed E-state index contributed by atoms with van der Waals surface area (Å²) in [5.41, 5.74) is 0.311. The van der Waals surface area contributed by atoms with Crippen LogP contribution < -0.4 is 5.32 Å². The molecule has 1 N–H and O–H groups in total. The lowest BCUT2D eigenvalue weighted by molar-refractivity contribution is -0.0280. The van der Waals surface area contributed by atoms with Crippen LogP contribution in [-0.2, 0) is 4.74 Å². The summed E-state index contributed by atoms with van der Waals surface area (Å²) < 4.78 is 5.83. The van der Waals surface area contributed by atoms with E-state index in [0.29, 0.717) is 11.5 Å². The Labute approximate surface area is 126 Å². The predicted octanol–water partition coefficient (Wildman–Crippen LogP) is 3.15. The summed E-state index contributed by atoms with van der Waals surface area (Å²) in [4.78, 5) is 2.63. The van der Waals surface area contributed by atoms with Crippen molar-refractivity contribution in [3.8, 4) is 0 Å². The molecular formula is C17H36N2O. The minimum absolute atomic E-state index is 0.311. The van der Waals surface area contributed by atoms with E-state index in [1.807, 2.05) is 0 Å². The van der Waals surface area contributed by atoms with Crippen LogP contribution in [0.5, 0.6) is 0 Å². The van der Waals surface area contributed by atoms with Crippen LogP contribution in [0.3, 0.4) is 0 Å². The maximum absolute atomic E-state index is 5.83. The third-order valence-corrected chi connectivity index (χ3v) is 4.56.